The predicted molar refractivity (Wildman–Crippen MR) is 77.6 cm³/mol. The van der Waals surface area contributed by atoms with Gasteiger partial charge >= 0.3 is 5.97 Å². The predicted octanol–water partition coefficient (Wildman–Crippen LogP) is 2.08. The molecule has 20 heavy (non-hydrogen) atoms. The van der Waals surface area contributed by atoms with Crippen molar-refractivity contribution in [1.82, 2.24) is 0 Å². The maximum Gasteiger partial charge on any atom is 0.330 e. The van der Waals surface area contributed by atoms with Gasteiger partial charge in [0.25, 0.3) is 0 Å². The highest BCUT2D eigenvalue weighted by atomic mass is 16.5. The molecule has 0 fully saturated rings. The first-order valence-electron chi connectivity index (χ1n) is 7.36. The molecule has 0 atom stereocenters. The van der Waals surface area contributed by atoms with Crippen LogP contribution in [0.3, 0.4) is 0 Å². The monoisotopic (exact) mass is 288 g/mol. The average Bonchev–Trinajstić information content (AvgIpc) is 2.47. The Hall–Kier alpha value is -0.910. The minimum atomic E-state index is -0.370. The van der Waals surface area contributed by atoms with E-state index in [1.807, 2.05) is 0 Å². The maximum absolute atomic E-state index is 10.7. The van der Waals surface area contributed by atoms with Crippen LogP contribution in [0.1, 0.15) is 38.5 Å². The van der Waals surface area contributed by atoms with Gasteiger partial charge in [-0.2, -0.15) is 0 Å². The molecule has 0 aromatic heterocycles. The van der Waals surface area contributed by atoms with Crippen LogP contribution < -0.4 is 0 Å². The zero-order chi connectivity index (χ0) is 14.9. The minimum Gasteiger partial charge on any atom is -0.463 e. The molecule has 0 bridgehead atoms. The molecular formula is C15H28O5. The number of hydrogen-bond donors (Lipinski definition) is 1. The summed E-state index contributed by atoms with van der Waals surface area (Å²) in [5, 5.41) is 8.58. The maximum atomic E-state index is 10.7. The summed E-state index contributed by atoms with van der Waals surface area (Å²) < 4.78 is 15.7. The van der Waals surface area contributed by atoms with Gasteiger partial charge < -0.3 is 19.3 Å². The number of carbonyl (C=O) groups is 1. The summed E-state index contributed by atoms with van der Waals surface area (Å²) in [7, 11) is 0. The fourth-order valence-electron chi connectivity index (χ4n) is 1.47. The van der Waals surface area contributed by atoms with Gasteiger partial charge in [-0.15, -0.1) is 0 Å². The molecule has 0 aromatic carbocycles. The summed E-state index contributed by atoms with van der Waals surface area (Å²) in [4.78, 5) is 10.7. The van der Waals surface area contributed by atoms with Crippen LogP contribution in [0.25, 0.3) is 0 Å². The molecule has 5 heteroatoms. The van der Waals surface area contributed by atoms with Crippen LogP contribution in [0.5, 0.6) is 0 Å². The molecule has 0 aliphatic rings. The van der Waals surface area contributed by atoms with Crippen molar-refractivity contribution >= 4 is 5.97 Å². The molecular weight excluding hydrogens is 260 g/mol. The van der Waals surface area contributed by atoms with Gasteiger partial charge in [-0.1, -0.05) is 6.58 Å². The van der Waals surface area contributed by atoms with E-state index in [1.54, 1.807) is 0 Å². The Kier molecular flexibility index (Phi) is 15.4. The van der Waals surface area contributed by atoms with Crippen LogP contribution in [0.2, 0.25) is 0 Å². The number of aliphatic hydroxyl groups is 1. The fourth-order valence-corrected chi connectivity index (χ4v) is 1.47. The Morgan fingerprint density at radius 2 is 1.30 bits per heavy atom. The first kappa shape index (κ1) is 19.1. The highest BCUT2D eigenvalue weighted by molar-refractivity contribution is 5.81. The first-order valence-corrected chi connectivity index (χ1v) is 7.36. The van der Waals surface area contributed by atoms with Gasteiger partial charge in [0.1, 0.15) is 0 Å². The third kappa shape index (κ3) is 15.1. The molecule has 0 aromatic rings. The van der Waals surface area contributed by atoms with Gasteiger partial charge in [0, 0.05) is 39.1 Å². The van der Waals surface area contributed by atoms with E-state index < -0.39 is 0 Å². The van der Waals surface area contributed by atoms with E-state index in [9.17, 15) is 4.79 Å². The lowest BCUT2D eigenvalue weighted by molar-refractivity contribution is -0.137. The quantitative estimate of drug-likeness (QED) is 0.284. The number of esters is 1. The summed E-state index contributed by atoms with van der Waals surface area (Å²) in [5.41, 5.74) is 0. The second kappa shape index (κ2) is 16.1. The number of carbonyl (C=O) groups excluding carboxylic acids is 1. The van der Waals surface area contributed by atoms with E-state index in [0.29, 0.717) is 13.2 Å². The molecule has 0 heterocycles. The Bertz CT molecular complexity index is 230. The van der Waals surface area contributed by atoms with Crippen LogP contribution >= 0.6 is 0 Å². The van der Waals surface area contributed by atoms with Crippen molar-refractivity contribution in [3.05, 3.63) is 12.7 Å². The SMILES string of the molecule is C=CC(=O)OCCCCOCCCCOCCCCO. The summed E-state index contributed by atoms with van der Waals surface area (Å²) in [6.07, 6.45) is 6.59. The molecule has 0 unspecified atom stereocenters. The zero-order valence-corrected chi connectivity index (χ0v) is 12.3. The molecule has 0 amide bonds. The number of ether oxygens (including phenoxy) is 3. The van der Waals surface area contributed by atoms with Gasteiger partial charge in [-0.25, -0.2) is 4.79 Å². The Morgan fingerprint density at radius 1 is 0.850 bits per heavy atom. The highest BCUT2D eigenvalue weighted by Crippen LogP contribution is 1.97. The Balaban J connectivity index is 2.99. The lowest BCUT2D eigenvalue weighted by Crippen LogP contribution is -2.04. The fraction of sp³-hybridized carbons (Fsp3) is 0.800. The van der Waals surface area contributed by atoms with Gasteiger partial charge in [0.2, 0.25) is 0 Å². The van der Waals surface area contributed by atoms with Crippen molar-refractivity contribution < 1.29 is 24.1 Å². The van der Waals surface area contributed by atoms with E-state index in [-0.39, 0.29) is 12.6 Å². The lowest BCUT2D eigenvalue weighted by atomic mass is 10.3. The van der Waals surface area contributed by atoms with Crippen LogP contribution in [0.4, 0.5) is 0 Å². The van der Waals surface area contributed by atoms with Crippen molar-refractivity contribution in [2.75, 3.05) is 39.6 Å². The molecule has 0 saturated heterocycles. The van der Waals surface area contributed by atoms with Crippen LogP contribution in [-0.4, -0.2) is 50.7 Å². The summed E-state index contributed by atoms with van der Waals surface area (Å²) in [6, 6.07) is 0. The van der Waals surface area contributed by atoms with E-state index >= 15 is 0 Å². The van der Waals surface area contributed by atoms with Crippen LogP contribution in [0, 0.1) is 0 Å². The molecule has 0 rings (SSSR count). The average molecular weight is 288 g/mol. The second-order valence-corrected chi connectivity index (χ2v) is 4.44. The van der Waals surface area contributed by atoms with Gasteiger partial charge in [-0.05, 0) is 38.5 Å². The number of unbranched alkanes of at least 4 members (excludes halogenated alkanes) is 3. The van der Waals surface area contributed by atoms with Crippen molar-refractivity contribution in [3.8, 4) is 0 Å². The van der Waals surface area contributed by atoms with E-state index in [1.165, 1.54) is 6.08 Å². The molecule has 0 saturated carbocycles. The van der Waals surface area contributed by atoms with Crippen LogP contribution in [-0.2, 0) is 19.0 Å². The molecule has 5 nitrogen and oxygen atoms in total. The topological polar surface area (TPSA) is 65.0 Å². The standard InChI is InChI=1S/C15H28O5/c1-2-15(17)20-14-8-7-13-19-12-6-5-11-18-10-4-3-9-16/h2,16H,1,3-14H2. The first-order chi connectivity index (χ1) is 9.81. The van der Waals surface area contributed by atoms with Gasteiger partial charge in [-0.3, -0.25) is 0 Å². The smallest absolute Gasteiger partial charge is 0.330 e. The van der Waals surface area contributed by atoms with Crippen molar-refractivity contribution in [2.24, 2.45) is 0 Å². The molecule has 0 spiro atoms. The van der Waals surface area contributed by atoms with Crippen molar-refractivity contribution in [3.63, 3.8) is 0 Å². The molecule has 0 radical (unpaired) electrons. The largest absolute Gasteiger partial charge is 0.463 e. The third-order valence-electron chi connectivity index (χ3n) is 2.62. The molecule has 0 aliphatic carbocycles. The van der Waals surface area contributed by atoms with Crippen LogP contribution in [0.15, 0.2) is 12.7 Å². The molecule has 1 N–H and O–H groups in total. The van der Waals surface area contributed by atoms with E-state index in [2.05, 4.69) is 6.58 Å². The van der Waals surface area contributed by atoms with Crippen molar-refractivity contribution in [2.45, 2.75) is 38.5 Å². The van der Waals surface area contributed by atoms with E-state index in [0.717, 1.165) is 58.3 Å². The Morgan fingerprint density at radius 3 is 1.75 bits per heavy atom. The summed E-state index contributed by atoms with van der Waals surface area (Å²) in [6.45, 7) is 6.91. The second-order valence-electron chi connectivity index (χ2n) is 4.44. The lowest BCUT2D eigenvalue weighted by Gasteiger charge is -2.05. The van der Waals surface area contributed by atoms with E-state index in [4.69, 9.17) is 19.3 Å². The number of hydrogen-bond acceptors (Lipinski definition) is 5. The van der Waals surface area contributed by atoms with Crippen molar-refractivity contribution in [1.29, 1.82) is 0 Å². The summed E-state index contributed by atoms with van der Waals surface area (Å²) in [5.74, 6) is -0.370. The number of aliphatic hydroxyl groups excluding tert-OH is 1. The Labute approximate surface area is 121 Å². The van der Waals surface area contributed by atoms with Gasteiger partial charge in [0.05, 0.1) is 6.61 Å². The summed E-state index contributed by atoms with van der Waals surface area (Å²) >= 11 is 0. The van der Waals surface area contributed by atoms with Gasteiger partial charge in [0.15, 0.2) is 0 Å². The normalized spacial score (nSPS) is 10.4. The minimum absolute atomic E-state index is 0.240. The highest BCUT2D eigenvalue weighted by Gasteiger charge is 1.96. The number of rotatable bonds is 15. The molecule has 118 valence electrons. The zero-order valence-electron chi connectivity index (χ0n) is 12.3. The molecule has 0 aliphatic heterocycles. The third-order valence-corrected chi connectivity index (χ3v) is 2.62.